The molecule has 4 atom stereocenters. The zero-order chi connectivity index (χ0) is 22.4. The van der Waals surface area contributed by atoms with Gasteiger partial charge in [0.1, 0.15) is 5.75 Å². The maximum atomic E-state index is 11.7. The first-order valence-corrected chi connectivity index (χ1v) is 10.5. The van der Waals surface area contributed by atoms with E-state index in [4.69, 9.17) is 18.9 Å². The summed E-state index contributed by atoms with van der Waals surface area (Å²) in [5, 5.41) is 0. The average Bonchev–Trinajstić information content (AvgIpc) is 2.72. The van der Waals surface area contributed by atoms with Gasteiger partial charge in [0.2, 0.25) is 0 Å². The number of hydrogen-bond acceptors (Lipinski definition) is 10. The van der Waals surface area contributed by atoms with Crippen LogP contribution in [0.2, 0.25) is 0 Å². The smallest absolute Gasteiger partial charge is 0.303 e. The Morgan fingerprint density at radius 1 is 0.935 bits per heavy atom. The van der Waals surface area contributed by atoms with Crippen LogP contribution in [0.1, 0.15) is 20.8 Å². The van der Waals surface area contributed by atoms with Gasteiger partial charge in [-0.2, -0.15) is 0 Å². The fourth-order valence-electron chi connectivity index (χ4n) is 3.08. The summed E-state index contributed by atoms with van der Waals surface area (Å²) in [4.78, 5) is 43.3. The predicted molar refractivity (Wildman–Crippen MR) is 111 cm³/mol. The maximum absolute atomic E-state index is 11.7. The van der Waals surface area contributed by atoms with Crippen LogP contribution >= 0.6 is 11.8 Å². The van der Waals surface area contributed by atoms with Crippen molar-refractivity contribution in [1.82, 2.24) is 9.97 Å². The number of carbonyl (C=O) groups is 3. The average molecular weight is 446 g/mol. The van der Waals surface area contributed by atoms with E-state index in [1.54, 1.807) is 30.7 Å². The minimum Gasteiger partial charge on any atom is -0.474 e. The standard InChI is InChI=1S/C21H22N2O7S/c1-12(24)27-18-11-31-21(20(29-14(3)26)19(18)28-13(2)25)30-16-6-7-17(23-10-16)15-5-4-8-22-9-15/h4-10,18-21H,11H2,1-3H3/t18-,19+,20-,21+/m1/s1. The van der Waals surface area contributed by atoms with Gasteiger partial charge in [-0.3, -0.25) is 24.4 Å². The third kappa shape index (κ3) is 6.17. The molecule has 1 aliphatic heterocycles. The zero-order valence-corrected chi connectivity index (χ0v) is 18.0. The van der Waals surface area contributed by atoms with Crippen LogP contribution < -0.4 is 4.74 Å². The minimum atomic E-state index is -1.00. The van der Waals surface area contributed by atoms with E-state index in [1.807, 2.05) is 12.1 Å². The predicted octanol–water partition coefficient (Wildman–Crippen LogP) is 2.39. The van der Waals surface area contributed by atoms with Crippen molar-refractivity contribution in [1.29, 1.82) is 0 Å². The fraction of sp³-hybridized carbons (Fsp3) is 0.381. The topological polar surface area (TPSA) is 114 Å². The Hall–Kier alpha value is -3.14. The van der Waals surface area contributed by atoms with Gasteiger partial charge in [-0.1, -0.05) is 0 Å². The number of pyridine rings is 2. The number of carbonyl (C=O) groups excluding carboxylic acids is 3. The zero-order valence-electron chi connectivity index (χ0n) is 17.2. The second kappa shape index (κ2) is 10.3. The molecule has 1 fully saturated rings. The van der Waals surface area contributed by atoms with Gasteiger partial charge < -0.3 is 18.9 Å². The molecule has 10 heteroatoms. The van der Waals surface area contributed by atoms with Gasteiger partial charge >= 0.3 is 17.9 Å². The Morgan fingerprint density at radius 2 is 1.65 bits per heavy atom. The van der Waals surface area contributed by atoms with Crippen molar-refractivity contribution in [2.75, 3.05) is 5.75 Å². The molecule has 0 aliphatic carbocycles. The molecule has 0 saturated carbocycles. The molecule has 0 unspecified atom stereocenters. The number of esters is 3. The molecule has 1 saturated heterocycles. The van der Waals surface area contributed by atoms with Crippen LogP contribution in [0.4, 0.5) is 0 Å². The van der Waals surface area contributed by atoms with E-state index < -0.39 is 41.7 Å². The quantitative estimate of drug-likeness (QED) is 0.484. The molecule has 2 aromatic rings. The van der Waals surface area contributed by atoms with Crippen molar-refractivity contribution in [2.24, 2.45) is 0 Å². The summed E-state index contributed by atoms with van der Waals surface area (Å²) in [5.74, 6) is -0.966. The van der Waals surface area contributed by atoms with Crippen LogP contribution in [0.5, 0.6) is 5.75 Å². The highest BCUT2D eigenvalue weighted by molar-refractivity contribution is 7.99. The Bertz CT molecular complexity index is 923. The van der Waals surface area contributed by atoms with Crippen molar-refractivity contribution in [3.05, 3.63) is 42.9 Å². The molecule has 9 nitrogen and oxygen atoms in total. The van der Waals surface area contributed by atoms with Gasteiger partial charge in [-0.15, -0.1) is 11.8 Å². The molecule has 2 aromatic heterocycles. The van der Waals surface area contributed by atoms with Crippen LogP contribution in [0.25, 0.3) is 11.3 Å². The Labute approximate surface area is 183 Å². The van der Waals surface area contributed by atoms with Crippen molar-refractivity contribution in [3.63, 3.8) is 0 Å². The van der Waals surface area contributed by atoms with Crippen molar-refractivity contribution < 1.29 is 33.3 Å². The molecular weight excluding hydrogens is 424 g/mol. The molecule has 3 rings (SSSR count). The number of rotatable bonds is 6. The normalized spacial score (nSPS) is 22.8. The first-order valence-electron chi connectivity index (χ1n) is 9.50. The van der Waals surface area contributed by atoms with Crippen LogP contribution in [0, 0.1) is 0 Å². The fourth-order valence-corrected chi connectivity index (χ4v) is 4.30. The third-order valence-corrected chi connectivity index (χ3v) is 5.46. The lowest BCUT2D eigenvalue weighted by Gasteiger charge is -2.39. The lowest BCUT2D eigenvalue weighted by atomic mass is 10.1. The summed E-state index contributed by atoms with van der Waals surface area (Å²) in [6, 6.07) is 7.23. The molecule has 0 bridgehead atoms. The van der Waals surface area contributed by atoms with E-state index in [2.05, 4.69) is 9.97 Å². The molecule has 3 heterocycles. The van der Waals surface area contributed by atoms with E-state index >= 15 is 0 Å². The highest BCUT2D eigenvalue weighted by Gasteiger charge is 2.47. The highest BCUT2D eigenvalue weighted by atomic mass is 32.2. The molecule has 0 N–H and O–H groups in total. The van der Waals surface area contributed by atoms with E-state index in [0.29, 0.717) is 11.5 Å². The Balaban J connectivity index is 1.80. The second-order valence-corrected chi connectivity index (χ2v) is 7.87. The number of thioether (sulfide) groups is 1. The van der Waals surface area contributed by atoms with Crippen LogP contribution in [0.15, 0.2) is 42.9 Å². The monoisotopic (exact) mass is 446 g/mol. The highest BCUT2D eigenvalue weighted by Crippen LogP contribution is 2.34. The minimum absolute atomic E-state index is 0.293. The molecule has 0 radical (unpaired) electrons. The summed E-state index contributed by atoms with van der Waals surface area (Å²) in [5.41, 5.74) is 0.880. The van der Waals surface area contributed by atoms with Crippen molar-refractivity contribution in [3.8, 4) is 17.0 Å². The number of ether oxygens (including phenoxy) is 4. The molecular formula is C21H22N2O7S. The molecule has 164 valence electrons. The lowest BCUT2D eigenvalue weighted by molar-refractivity contribution is -0.186. The molecule has 0 spiro atoms. The van der Waals surface area contributed by atoms with Gasteiger partial charge in [-0.05, 0) is 24.3 Å². The second-order valence-electron chi connectivity index (χ2n) is 6.74. The van der Waals surface area contributed by atoms with Crippen molar-refractivity contribution >= 4 is 29.7 Å². The Kier molecular flexibility index (Phi) is 7.45. The summed E-state index contributed by atoms with van der Waals surface area (Å²) < 4.78 is 22.0. The summed E-state index contributed by atoms with van der Waals surface area (Å²) >= 11 is 1.28. The van der Waals surface area contributed by atoms with Crippen LogP contribution in [0.3, 0.4) is 0 Å². The number of hydrogen-bond donors (Lipinski definition) is 0. The Morgan fingerprint density at radius 3 is 2.23 bits per heavy atom. The third-order valence-electron chi connectivity index (χ3n) is 4.25. The van der Waals surface area contributed by atoms with E-state index in [0.717, 1.165) is 11.3 Å². The van der Waals surface area contributed by atoms with Gasteiger partial charge in [-0.25, -0.2) is 0 Å². The lowest BCUT2D eigenvalue weighted by Crippen LogP contribution is -2.55. The van der Waals surface area contributed by atoms with E-state index in [1.165, 1.54) is 32.5 Å². The van der Waals surface area contributed by atoms with Gasteiger partial charge in [0.05, 0.1) is 11.9 Å². The van der Waals surface area contributed by atoms with Crippen LogP contribution in [-0.2, 0) is 28.6 Å². The molecule has 0 amide bonds. The molecule has 0 aromatic carbocycles. The van der Waals surface area contributed by atoms with E-state index in [-0.39, 0.29) is 0 Å². The summed E-state index contributed by atoms with van der Waals surface area (Å²) in [6.07, 6.45) is 2.17. The van der Waals surface area contributed by atoms with Gasteiger partial charge in [0.15, 0.2) is 23.7 Å². The van der Waals surface area contributed by atoms with Gasteiger partial charge in [0.25, 0.3) is 0 Å². The summed E-state index contributed by atoms with van der Waals surface area (Å²) in [6.45, 7) is 3.73. The maximum Gasteiger partial charge on any atom is 0.303 e. The number of aromatic nitrogens is 2. The SMILES string of the molecule is CC(=O)O[C@@H]1[C@@H](OC(C)=O)[C@@H](Oc2ccc(-c3cccnc3)nc2)SC[C@H]1OC(C)=O. The van der Waals surface area contributed by atoms with Gasteiger partial charge in [0, 0.05) is 44.5 Å². The van der Waals surface area contributed by atoms with E-state index in [9.17, 15) is 14.4 Å². The van der Waals surface area contributed by atoms with Crippen LogP contribution in [-0.4, -0.2) is 57.4 Å². The first-order chi connectivity index (χ1) is 14.8. The first kappa shape index (κ1) is 22.5. The summed E-state index contributed by atoms with van der Waals surface area (Å²) in [7, 11) is 0. The number of nitrogens with zero attached hydrogens (tertiary/aromatic N) is 2. The molecule has 31 heavy (non-hydrogen) atoms. The van der Waals surface area contributed by atoms with Crippen molar-refractivity contribution in [2.45, 2.75) is 44.5 Å². The molecule has 1 aliphatic rings. The largest absolute Gasteiger partial charge is 0.474 e.